The van der Waals surface area contributed by atoms with E-state index in [0.29, 0.717) is 24.4 Å². The number of halogens is 1. The summed E-state index contributed by atoms with van der Waals surface area (Å²) in [4.78, 5) is 26.9. The summed E-state index contributed by atoms with van der Waals surface area (Å²) in [5.74, 6) is -0.647. The highest BCUT2D eigenvalue weighted by molar-refractivity contribution is 6.30. The molecule has 0 aliphatic carbocycles. The molecular weight excluding hydrogens is 376 g/mol. The number of amides is 1. The van der Waals surface area contributed by atoms with Gasteiger partial charge in [0.05, 0.1) is 0 Å². The third kappa shape index (κ3) is 5.86. The van der Waals surface area contributed by atoms with Crippen LogP contribution in [-0.2, 0) is 27.2 Å². The zero-order valence-electron chi connectivity index (χ0n) is 15.5. The molecule has 0 aliphatic heterocycles. The average molecular weight is 399 g/mol. The summed E-state index contributed by atoms with van der Waals surface area (Å²) in [7, 11) is 0. The summed E-state index contributed by atoms with van der Waals surface area (Å²) in [6.45, 7) is 0.241. The van der Waals surface area contributed by atoms with Crippen molar-refractivity contribution in [3.63, 3.8) is 0 Å². The molecular formula is C22H23ClN2O3. The Kier molecular flexibility index (Phi) is 7.09. The quantitative estimate of drug-likeness (QED) is 0.534. The van der Waals surface area contributed by atoms with E-state index in [1.165, 1.54) is 10.9 Å². The smallest absolute Gasteiger partial charge is 0.306 e. The molecule has 5 nitrogen and oxygen atoms in total. The van der Waals surface area contributed by atoms with Crippen molar-refractivity contribution in [2.45, 2.75) is 25.7 Å². The maximum atomic E-state index is 11.8. The van der Waals surface area contributed by atoms with E-state index in [0.717, 1.165) is 17.5 Å². The number of carbonyl (C=O) groups excluding carboxylic acids is 2. The minimum Gasteiger partial charge on any atom is -0.456 e. The first-order chi connectivity index (χ1) is 13.6. The molecule has 0 unspecified atom stereocenters. The van der Waals surface area contributed by atoms with Crippen molar-refractivity contribution in [1.82, 2.24) is 10.3 Å². The largest absolute Gasteiger partial charge is 0.456 e. The number of H-pyrrole nitrogens is 1. The van der Waals surface area contributed by atoms with Gasteiger partial charge >= 0.3 is 5.97 Å². The van der Waals surface area contributed by atoms with Crippen LogP contribution in [0.4, 0.5) is 0 Å². The minimum atomic E-state index is -0.354. The number of hydrogen-bond donors (Lipinski definition) is 2. The average Bonchev–Trinajstić information content (AvgIpc) is 3.11. The predicted octanol–water partition coefficient (Wildman–Crippen LogP) is 4.05. The Balaban J connectivity index is 1.30. The maximum absolute atomic E-state index is 11.8. The van der Waals surface area contributed by atoms with Gasteiger partial charge in [0.15, 0.2) is 6.61 Å². The van der Waals surface area contributed by atoms with Crippen molar-refractivity contribution in [1.29, 1.82) is 0 Å². The molecule has 0 saturated heterocycles. The topological polar surface area (TPSA) is 71.2 Å². The van der Waals surface area contributed by atoms with Gasteiger partial charge < -0.3 is 15.0 Å². The van der Waals surface area contributed by atoms with Crippen LogP contribution in [0.25, 0.3) is 10.9 Å². The fraction of sp³-hybridized carbons (Fsp3) is 0.273. The number of aromatic nitrogens is 1. The molecule has 146 valence electrons. The number of aromatic amines is 1. The van der Waals surface area contributed by atoms with Crippen molar-refractivity contribution < 1.29 is 14.3 Å². The van der Waals surface area contributed by atoms with Crippen molar-refractivity contribution in [3.05, 3.63) is 70.9 Å². The number of rotatable bonds is 9. The first-order valence-electron chi connectivity index (χ1n) is 9.33. The second-order valence-corrected chi connectivity index (χ2v) is 7.04. The van der Waals surface area contributed by atoms with Gasteiger partial charge in [0.1, 0.15) is 0 Å². The van der Waals surface area contributed by atoms with Crippen LogP contribution in [0.1, 0.15) is 24.0 Å². The van der Waals surface area contributed by atoms with Crippen molar-refractivity contribution in [3.8, 4) is 0 Å². The zero-order chi connectivity index (χ0) is 19.8. The molecule has 0 saturated carbocycles. The molecule has 1 amide bonds. The fourth-order valence-corrected chi connectivity index (χ4v) is 3.15. The van der Waals surface area contributed by atoms with Gasteiger partial charge in [-0.25, -0.2) is 0 Å². The van der Waals surface area contributed by atoms with E-state index in [2.05, 4.69) is 16.4 Å². The van der Waals surface area contributed by atoms with Crippen molar-refractivity contribution >= 4 is 34.4 Å². The van der Waals surface area contributed by atoms with E-state index in [9.17, 15) is 9.59 Å². The lowest BCUT2D eigenvalue weighted by Gasteiger charge is -2.07. The van der Waals surface area contributed by atoms with E-state index in [1.54, 1.807) is 0 Å². The number of fused-ring (bicyclic) bond motifs is 1. The summed E-state index contributed by atoms with van der Waals surface area (Å²) >= 11 is 5.84. The number of ether oxygens (including phenoxy) is 1. The van der Waals surface area contributed by atoms with Crippen molar-refractivity contribution in [2.75, 3.05) is 13.2 Å². The van der Waals surface area contributed by atoms with Gasteiger partial charge in [0.25, 0.3) is 5.91 Å². The van der Waals surface area contributed by atoms with Gasteiger partial charge in [0.2, 0.25) is 0 Å². The van der Waals surface area contributed by atoms with Gasteiger partial charge in [-0.3, -0.25) is 9.59 Å². The maximum Gasteiger partial charge on any atom is 0.306 e. The summed E-state index contributed by atoms with van der Waals surface area (Å²) in [6, 6.07) is 15.5. The van der Waals surface area contributed by atoms with Crippen LogP contribution in [0, 0.1) is 0 Å². The summed E-state index contributed by atoms with van der Waals surface area (Å²) in [5, 5.41) is 4.61. The third-order valence-corrected chi connectivity index (χ3v) is 4.77. The Morgan fingerprint density at radius 2 is 1.82 bits per heavy atom. The van der Waals surface area contributed by atoms with Gasteiger partial charge in [-0.15, -0.1) is 0 Å². The van der Waals surface area contributed by atoms with Gasteiger partial charge in [-0.1, -0.05) is 41.9 Å². The van der Waals surface area contributed by atoms with E-state index in [-0.39, 0.29) is 24.9 Å². The molecule has 0 atom stereocenters. The summed E-state index contributed by atoms with van der Waals surface area (Å²) < 4.78 is 5.05. The standard InChI is InChI=1S/C22H23ClN2O3/c23-18-10-8-16(9-11-18)12-13-24-21(26)15-28-22(27)7-3-4-17-14-25-20-6-2-1-5-19(17)20/h1-2,5-6,8-11,14,25H,3-4,7,12-13,15H2,(H,24,26). The predicted molar refractivity (Wildman–Crippen MR) is 110 cm³/mol. The highest BCUT2D eigenvalue weighted by atomic mass is 35.5. The van der Waals surface area contributed by atoms with Crippen LogP contribution in [-0.4, -0.2) is 30.0 Å². The summed E-state index contributed by atoms with van der Waals surface area (Å²) in [5.41, 5.74) is 3.36. The normalized spacial score (nSPS) is 10.8. The number of aryl methyl sites for hydroxylation is 1. The lowest BCUT2D eigenvalue weighted by atomic mass is 10.1. The molecule has 0 aliphatic rings. The van der Waals surface area contributed by atoms with Crippen LogP contribution in [0.15, 0.2) is 54.7 Å². The monoisotopic (exact) mass is 398 g/mol. The Morgan fingerprint density at radius 3 is 2.64 bits per heavy atom. The Morgan fingerprint density at radius 1 is 1.04 bits per heavy atom. The van der Waals surface area contributed by atoms with Crippen LogP contribution < -0.4 is 5.32 Å². The molecule has 2 aromatic carbocycles. The fourth-order valence-electron chi connectivity index (χ4n) is 3.03. The van der Waals surface area contributed by atoms with Crippen LogP contribution in [0.2, 0.25) is 5.02 Å². The number of hydrogen-bond acceptors (Lipinski definition) is 3. The van der Waals surface area contributed by atoms with Crippen molar-refractivity contribution in [2.24, 2.45) is 0 Å². The molecule has 0 bridgehead atoms. The molecule has 0 radical (unpaired) electrons. The number of benzene rings is 2. The molecule has 6 heteroatoms. The first-order valence-corrected chi connectivity index (χ1v) is 9.71. The first kappa shape index (κ1) is 20.0. The SMILES string of the molecule is O=C(COC(=O)CCCc1c[nH]c2ccccc12)NCCc1ccc(Cl)cc1. The Bertz CT molecular complexity index is 934. The van der Waals surface area contributed by atoms with Gasteiger partial charge in [-0.2, -0.15) is 0 Å². The Labute approximate surface area is 169 Å². The lowest BCUT2D eigenvalue weighted by molar-refractivity contribution is -0.148. The van der Waals surface area contributed by atoms with Gasteiger partial charge in [0, 0.05) is 35.1 Å². The molecule has 1 aromatic heterocycles. The van der Waals surface area contributed by atoms with E-state index < -0.39 is 0 Å². The molecule has 3 aromatic rings. The number of nitrogens with one attached hydrogen (secondary N) is 2. The zero-order valence-corrected chi connectivity index (χ0v) is 16.3. The molecule has 0 spiro atoms. The lowest BCUT2D eigenvalue weighted by Crippen LogP contribution is -2.30. The van der Waals surface area contributed by atoms with Crippen LogP contribution in [0.5, 0.6) is 0 Å². The van der Waals surface area contributed by atoms with Gasteiger partial charge in [-0.05, 0) is 48.6 Å². The molecule has 1 heterocycles. The minimum absolute atomic E-state index is 0.244. The highest BCUT2D eigenvalue weighted by Gasteiger charge is 2.09. The molecule has 28 heavy (non-hydrogen) atoms. The summed E-state index contributed by atoms with van der Waals surface area (Å²) in [6.07, 6.45) is 4.43. The van der Waals surface area contributed by atoms with E-state index in [4.69, 9.17) is 16.3 Å². The second kappa shape index (κ2) is 9.95. The number of esters is 1. The number of carbonyl (C=O) groups is 2. The highest BCUT2D eigenvalue weighted by Crippen LogP contribution is 2.19. The second-order valence-electron chi connectivity index (χ2n) is 6.60. The third-order valence-electron chi connectivity index (χ3n) is 4.52. The van der Waals surface area contributed by atoms with Crippen LogP contribution in [0.3, 0.4) is 0 Å². The number of para-hydroxylation sites is 1. The molecule has 3 rings (SSSR count). The Hall–Kier alpha value is -2.79. The van der Waals surface area contributed by atoms with E-state index >= 15 is 0 Å². The van der Waals surface area contributed by atoms with E-state index in [1.807, 2.05) is 48.7 Å². The van der Waals surface area contributed by atoms with Crippen LogP contribution >= 0.6 is 11.6 Å². The molecule has 0 fully saturated rings. The molecule has 2 N–H and O–H groups in total.